The van der Waals surface area contributed by atoms with Crippen LogP contribution in [-0.4, -0.2) is 67.9 Å². The monoisotopic (exact) mass is 363 g/mol. The summed E-state index contributed by atoms with van der Waals surface area (Å²) in [6.45, 7) is 6.36. The third kappa shape index (κ3) is 4.62. The molecule has 0 aromatic carbocycles. The molecule has 0 spiro atoms. The van der Waals surface area contributed by atoms with Gasteiger partial charge in [-0.3, -0.25) is 9.69 Å². The predicted octanol–water partition coefficient (Wildman–Crippen LogP) is 1.67. The summed E-state index contributed by atoms with van der Waals surface area (Å²) in [4.78, 5) is 16.7. The fourth-order valence-electron chi connectivity index (χ4n) is 4.05. The van der Waals surface area contributed by atoms with Gasteiger partial charge in [-0.2, -0.15) is 0 Å². The van der Waals surface area contributed by atoms with Crippen LogP contribution in [0.2, 0.25) is 0 Å². The Labute approximate surface area is 156 Å². The standard InChI is InChI=1S/C19H33N5O2/c1-3-4-7-18(26)24-10-5-6-15(13-24)19-21-20-17(22(19)2)14-23-11-8-16(25)9-12-23/h15-16,25H,3-14H2,1-2H3. The normalized spacial score (nSPS) is 22.7. The molecule has 26 heavy (non-hydrogen) atoms. The van der Waals surface area contributed by atoms with Gasteiger partial charge in [-0.15, -0.1) is 10.2 Å². The molecule has 1 N–H and O–H groups in total. The van der Waals surface area contributed by atoms with E-state index in [1.165, 1.54) is 0 Å². The van der Waals surface area contributed by atoms with Gasteiger partial charge in [-0.1, -0.05) is 13.3 Å². The van der Waals surface area contributed by atoms with Gasteiger partial charge in [0.25, 0.3) is 0 Å². The van der Waals surface area contributed by atoms with Gasteiger partial charge in [0.05, 0.1) is 12.6 Å². The van der Waals surface area contributed by atoms with Crippen molar-refractivity contribution in [1.29, 1.82) is 0 Å². The number of aliphatic hydroxyl groups excluding tert-OH is 1. The molecule has 0 saturated carbocycles. The maximum atomic E-state index is 12.4. The van der Waals surface area contributed by atoms with Gasteiger partial charge in [-0.05, 0) is 32.1 Å². The van der Waals surface area contributed by atoms with Gasteiger partial charge in [0, 0.05) is 45.6 Å². The van der Waals surface area contributed by atoms with Gasteiger partial charge in [0.15, 0.2) is 0 Å². The summed E-state index contributed by atoms with van der Waals surface area (Å²) in [6.07, 6.45) is 6.31. The number of unbranched alkanes of at least 4 members (excludes halogenated alkanes) is 1. The molecule has 3 rings (SSSR count). The lowest BCUT2D eigenvalue weighted by molar-refractivity contribution is -0.132. The fourth-order valence-corrected chi connectivity index (χ4v) is 4.05. The maximum Gasteiger partial charge on any atom is 0.222 e. The van der Waals surface area contributed by atoms with Crippen LogP contribution in [-0.2, 0) is 18.4 Å². The Kier molecular flexibility index (Phi) is 6.64. The molecule has 1 unspecified atom stereocenters. The lowest BCUT2D eigenvalue weighted by Gasteiger charge is -2.32. The molecule has 2 aliphatic rings. The summed E-state index contributed by atoms with van der Waals surface area (Å²) >= 11 is 0. The summed E-state index contributed by atoms with van der Waals surface area (Å²) in [5, 5.41) is 18.6. The summed E-state index contributed by atoms with van der Waals surface area (Å²) in [5.74, 6) is 2.55. The molecule has 2 fully saturated rings. The number of likely N-dealkylation sites (tertiary alicyclic amines) is 2. The first kappa shape index (κ1) is 19.3. The first-order valence-corrected chi connectivity index (χ1v) is 10.1. The number of nitrogens with zero attached hydrogens (tertiary/aromatic N) is 5. The SMILES string of the molecule is CCCCC(=O)N1CCCC(c2nnc(CN3CCC(O)CC3)n2C)C1. The van der Waals surface area contributed by atoms with Crippen molar-refractivity contribution in [3.05, 3.63) is 11.6 Å². The largest absolute Gasteiger partial charge is 0.393 e. The van der Waals surface area contributed by atoms with Crippen molar-refractivity contribution in [2.45, 2.75) is 70.4 Å². The van der Waals surface area contributed by atoms with Crippen molar-refractivity contribution in [2.75, 3.05) is 26.2 Å². The first-order chi connectivity index (χ1) is 12.6. The molecule has 2 saturated heterocycles. The Bertz CT molecular complexity index is 595. The van der Waals surface area contributed by atoms with Gasteiger partial charge in [0.2, 0.25) is 5.91 Å². The Morgan fingerprint density at radius 3 is 2.69 bits per heavy atom. The Hall–Kier alpha value is -1.47. The quantitative estimate of drug-likeness (QED) is 0.832. The van der Waals surface area contributed by atoms with Crippen molar-refractivity contribution in [1.82, 2.24) is 24.6 Å². The second-order valence-electron chi connectivity index (χ2n) is 7.82. The zero-order valence-corrected chi connectivity index (χ0v) is 16.2. The van der Waals surface area contributed by atoms with E-state index < -0.39 is 0 Å². The Balaban J connectivity index is 1.60. The highest BCUT2D eigenvalue weighted by Gasteiger charge is 2.28. The minimum atomic E-state index is -0.153. The summed E-state index contributed by atoms with van der Waals surface area (Å²) in [6, 6.07) is 0. The molecule has 0 bridgehead atoms. The van der Waals surface area contributed by atoms with E-state index in [4.69, 9.17) is 0 Å². The number of aromatic nitrogens is 3. The van der Waals surface area contributed by atoms with Gasteiger partial charge >= 0.3 is 0 Å². The molecule has 2 aliphatic heterocycles. The molecule has 7 heteroatoms. The number of rotatable bonds is 6. The van der Waals surface area contributed by atoms with Crippen LogP contribution in [0.15, 0.2) is 0 Å². The van der Waals surface area contributed by atoms with Gasteiger partial charge < -0.3 is 14.6 Å². The molecular weight excluding hydrogens is 330 g/mol. The van der Waals surface area contributed by atoms with Crippen molar-refractivity contribution in [3.8, 4) is 0 Å². The number of hydrogen-bond acceptors (Lipinski definition) is 5. The minimum absolute atomic E-state index is 0.153. The molecule has 146 valence electrons. The second kappa shape index (κ2) is 8.95. The predicted molar refractivity (Wildman–Crippen MR) is 99.6 cm³/mol. The lowest BCUT2D eigenvalue weighted by Crippen LogP contribution is -2.39. The second-order valence-corrected chi connectivity index (χ2v) is 7.82. The van der Waals surface area contributed by atoms with Crippen molar-refractivity contribution < 1.29 is 9.90 Å². The fraction of sp³-hybridized carbons (Fsp3) is 0.842. The van der Waals surface area contributed by atoms with Crippen LogP contribution in [0.3, 0.4) is 0 Å². The minimum Gasteiger partial charge on any atom is -0.393 e. The molecular formula is C19H33N5O2. The topological polar surface area (TPSA) is 74.5 Å². The van der Waals surface area contributed by atoms with Crippen LogP contribution in [0, 0.1) is 0 Å². The van der Waals surface area contributed by atoms with E-state index in [1.54, 1.807) is 0 Å². The third-order valence-electron chi connectivity index (χ3n) is 5.80. The number of carbonyl (C=O) groups excluding carboxylic acids is 1. The molecule has 1 amide bonds. The molecule has 3 heterocycles. The number of aliphatic hydroxyl groups is 1. The highest BCUT2D eigenvalue weighted by atomic mass is 16.3. The van der Waals surface area contributed by atoms with Crippen molar-refractivity contribution in [2.24, 2.45) is 7.05 Å². The number of hydrogen-bond donors (Lipinski definition) is 1. The van der Waals surface area contributed by atoms with Crippen molar-refractivity contribution in [3.63, 3.8) is 0 Å². The number of piperidine rings is 2. The first-order valence-electron chi connectivity index (χ1n) is 10.1. The van der Waals surface area contributed by atoms with Crippen LogP contribution >= 0.6 is 0 Å². The lowest BCUT2D eigenvalue weighted by atomic mass is 9.96. The third-order valence-corrected chi connectivity index (χ3v) is 5.80. The van der Waals surface area contributed by atoms with E-state index in [0.29, 0.717) is 6.42 Å². The molecule has 7 nitrogen and oxygen atoms in total. The molecule has 1 atom stereocenters. The van der Waals surface area contributed by atoms with E-state index in [2.05, 4.69) is 26.6 Å². The average Bonchev–Trinajstić information content (AvgIpc) is 3.02. The molecule has 1 aromatic heterocycles. The average molecular weight is 364 g/mol. The molecule has 0 radical (unpaired) electrons. The Morgan fingerprint density at radius 2 is 1.96 bits per heavy atom. The van der Waals surface area contributed by atoms with E-state index in [0.717, 1.165) is 82.9 Å². The summed E-state index contributed by atoms with van der Waals surface area (Å²) in [7, 11) is 2.04. The van der Waals surface area contributed by atoms with Crippen LogP contribution in [0.4, 0.5) is 0 Å². The highest BCUT2D eigenvalue weighted by molar-refractivity contribution is 5.76. The zero-order valence-electron chi connectivity index (χ0n) is 16.2. The van der Waals surface area contributed by atoms with Crippen LogP contribution in [0.5, 0.6) is 0 Å². The summed E-state index contributed by atoms with van der Waals surface area (Å²) in [5.41, 5.74) is 0. The number of amides is 1. The Morgan fingerprint density at radius 1 is 1.19 bits per heavy atom. The molecule has 1 aromatic rings. The maximum absolute atomic E-state index is 12.4. The van der Waals surface area contributed by atoms with Crippen molar-refractivity contribution >= 4 is 5.91 Å². The molecule has 0 aliphatic carbocycles. The van der Waals surface area contributed by atoms with E-state index in [-0.39, 0.29) is 17.9 Å². The van der Waals surface area contributed by atoms with Gasteiger partial charge in [0.1, 0.15) is 11.6 Å². The highest BCUT2D eigenvalue weighted by Crippen LogP contribution is 2.26. The number of carbonyl (C=O) groups is 1. The van der Waals surface area contributed by atoms with Crippen LogP contribution in [0.25, 0.3) is 0 Å². The van der Waals surface area contributed by atoms with E-state index in [9.17, 15) is 9.90 Å². The summed E-state index contributed by atoms with van der Waals surface area (Å²) < 4.78 is 2.12. The van der Waals surface area contributed by atoms with E-state index in [1.807, 2.05) is 11.9 Å². The van der Waals surface area contributed by atoms with Crippen LogP contribution < -0.4 is 0 Å². The van der Waals surface area contributed by atoms with E-state index >= 15 is 0 Å². The zero-order chi connectivity index (χ0) is 18.5. The van der Waals surface area contributed by atoms with Gasteiger partial charge in [-0.25, -0.2) is 0 Å². The van der Waals surface area contributed by atoms with Crippen LogP contribution in [0.1, 0.15) is 69.4 Å². The smallest absolute Gasteiger partial charge is 0.222 e.